The molecule has 0 aliphatic heterocycles. The highest BCUT2D eigenvalue weighted by Crippen LogP contribution is 2.25. The lowest BCUT2D eigenvalue weighted by Crippen LogP contribution is -2.17. The zero-order chi connectivity index (χ0) is 15.4. The summed E-state index contributed by atoms with van der Waals surface area (Å²) in [7, 11) is 0. The van der Waals surface area contributed by atoms with Gasteiger partial charge in [-0.15, -0.1) is 5.10 Å². The molecule has 0 aliphatic carbocycles. The molecule has 112 valence electrons. The Morgan fingerprint density at radius 3 is 2.95 bits per heavy atom. The van der Waals surface area contributed by atoms with Gasteiger partial charge in [-0.2, -0.15) is 0 Å². The van der Waals surface area contributed by atoms with E-state index >= 15 is 0 Å². The van der Waals surface area contributed by atoms with Crippen molar-refractivity contribution in [1.29, 1.82) is 0 Å². The van der Waals surface area contributed by atoms with Crippen molar-refractivity contribution in [3.8, 4) is 0 Å². The Balaban J connectivity index is 2.23. The minimum atomic E-state index is -1.06. The van der Waals surface area contributed by atoms with Crippen molar-refractivity contribution < 1.29 is 9.90 Å². The van der Waals surface area contributed by atoms with Crippen LogP contribution in [0, 0.1) is 0 Å². The number of H-pyrrole nitrogens is 1. The fourth-order valence-electron chi connectivity index (χ4n) is 1.98. The minimum Gasteiger partial charge on any atom is -0.478 e. The molecule has 7 nitrogen and oxygen atoms in total. The number of aromatic carboxylic acids is 1. The first kappa shape index (κ1) is 15.2. The van der Waals surface area contributed by atoms with Crippen LogP contribution in [0.3, 0.4) is 0 Å². The maximum Gasteiger partial charge on any atom is 0.343 e. The number of hydrogen-bond donors (Lipinski definition) is 3. The van der Waals surface area contributed by atoms with Crippen molar-refractivity contribution in [2.24, 2.45) is 0 Å². The number of nitrogens with two attached hydrogens (primary N) is 1. The molecule has 0 saturated carbocycles. The smallest absolute Gasteiger partial charge is 0.343 e. The quantitative estimate of drug-likeness (QED) is 0.551. The van der Waals surface area contributed by atoms with Crippen molar-refractivity contribution >= 4 is 23.4 Å². The van der Waals surface area contributed by atoms with Gasteiger partial charge in [0, 0.05) is 18.0 Å². The average Bonchev–Trinajstić information content (AvgIpc) is 2.78. The van der Waals surface area contributed by atoms with Crippen LogP contribution in [0.4, 0.5) is 5.69 Å². The predicted octanol–water partition coefficient (Wildman–Crippen LogP) is 1.55. The molecule has 2 aromatic rings. The van der Waals surface area contributed by atoms with Gasteiger partial charge in [-0.3, -0.25) is 4.57 Å². The lowest BCUT2D eigenvalue weighted by atomic mass is 10.1. The van der Waals surface area contributed by atoms with Gasteiger partial charge in [0.25, 0.3) is 0 Å². The normalized spacial score (nSPS) is 10.7. The number of nitrogens with zero attached hydrogens (tertiary/aromatic N) is 2. The van der Waals surface area contributed by atoms with Gasteiger partial charge in [-0.1, -0.05) is 30.8 Å². The van der Waals surface area contributed by atoms with Crippen molar-refractivity contribution in [3.05, 3.63) is 39.8 Å². The monoisotopic (exact) mass is 308 g/mol. The summed E-state index contributed by atoms with van der Waals surface area (Å²) < 4.78 is 1.54. The summed E-state index contributed by atoms with van der Waals surface area (Å²) in [5.74, 6) is -0.683. The van der Waals surface area contributed by atoms with Crippen molar-refractivity contribution in [1.82, 2.24) is 14.8 Å². The van der Waals surface area contributed by atoms with E-state index < -0.39 is 5.97 Å². The number of aromatic nitrogens is 3. The lowest BCUT2D eigenvalue weighted by molar-refractivity contribution is 0.0697. The van der Waals surface area contributed by atoms with E-state index in [4.69, 9.17) is 5.73 Å². The molecule has 0 amide bonds. The molecule has 21 heavy (non-hydrogen) atoms. The number of nitrogen functional groups attached to an aromatic ring is 1. The van der Waals surface area contributed by atoms with Crippen LogP contribution in [0.25, 0.3) is 0 Å². The molecule has 8 heteroatoms. The number of aromatic amines is 1. The first-order valence-corrected chi connectivity index (χ1v) is 7.41. The number of hydrogen-bond acceptors (Lipinski definition) is 5. The average molecular weight is 308 g/mol. The Hall–Kier alpha value is -2.22. The molecule has 0 atom stereocenters. The summed E-state index contributed by atoms with van der Waals surface area (Å²) in [6, 6.07) is 4.97. The van der Waals surface area contributed by atoms with Gasteiger partial charge in [-0.25, -0.2) is 14.7 Å². The molecule has 0 bridgehead atoms. The Morgan fingerprint density at radius 1 is 1.52 bits per heavy atom. The summed E-state index contributed by atoms with van der Waals surface area (Å²) in [5, 5.41) is 16.1. The first-order valence-electron chi connectivity index (χ1n) is 6.43. The Kier molecular flexibility index (Phi) is 4.69. The second-order valence-corrected chi connectivity index (χ2v) is 5.38. The van der Waals surface area contributed by atoms with Crippen molar-refractivity contribution in [3.63, 3.8) is 0 Å². The molecule has 0 spiro atoms. The van der Waals surface area contributed by atoms with Crippen LogP contribution < -0.4 is 11.4 Å². The highest BCUT2D eigenvalue weighted by molar-refractivity contribution is 7.98. The maximum absolute atomic E-state index is 11.6. The van der Waals surface area contributed by atoms with E-state index in [0.717, 1.165) is 6.42 Å². The van der Waals surface area contributed by atoms with Crippen molar-refractivity contribution in [2.45, 2.75) is 30.8 Å². The number of thioether (sulfide) groups is 1. The van der Waals surface area contributed by atoms with Gasteiger partial charge >= 0.3 is 11.7 Å². The summed E-state index contributed by atoms with van der Waals surface area (Å²) in [6.45, 7) is 2.54. The summed E-state index contributed by atoms with van der Waals surface area (Å²) in [4.78, 5) is 22.8. The van der Waals surface area contributed by atoms with E-state index in [9.17, 15) is 14.7 Å². The second kappa shape index (κ2) is 6.49. The zero-order valence-electron chi connectivity index (χ0n) is 11.5. The molecule has 0 unspecified atom stereocenters. The van der Waals surface area contributed by atoms with E-state index in [1.54, 1.807) is 18.2 Å². The van der Waals surface area contributed by atoms with Gasteiger partial charge in [-0.05, 0) is 18.1 Å². The fraction of sp³-hybridized carbons (Fsp3) is 0.308. The standard InChI is InChI=1S/C13H16N4O3S/c1-2-6-17-12(20)15-16-13(17)21-7-8-4-3-5-9(14)10(8)11(18)19/h3-5H,2,6-7,14H2,1H3,(H,15,20)(H,18,19). The minimum absolute atomic E-state index is 0.102. The van der Waals surface area contributed by atoms with Crippen LogP contribution in [0.2, 0.25) is 0 Å². The number of carboxylic acid groups (broad SMARTS) is 1. The van der Waals surface area contributed by atoms with Gasteiger partial charge in [0.1, 0.15) is 0 Å². The zero-order valence-corrected chi connectivity index (χ0v) is 12.3. The fourth-order valence-corrected chi connectivity index (χ4v) is 2.94. The van der Waals surface area contributed by atoms with Gasteiger partial charge in [0.05, 0.1) is 5.56 Å². The molecule has 0 saturated heterocycles. The highest BCUT2D eigenvalue weighted by atomic mass is 32.2. The van der Waals surface area contributed by atoms with E-state index in [0.29, 0.717) is 23.0 Å². The van der Waals surface area contributed by atoms with Crippen molar-refractivity contribution in [2.75, 3.05) is 5.73 Å². The molecule has 1 heterocycles. The number of anilines is 1. The van der Waals surface area contributed by atoms with E-state index in [-0.39, 0.29) is 16.9 Å². The molecular formula is C13H16N4O3S. The Bertz CT molecular complexity index is 708. The number of benzene rings is 1. The summed E-state index contributed by atoms with van der Waals surface area (Å²) in [5.41, 5.74) is 6.38. The predicted molar refractivity (Wildman–Crippen MR) is 80.5 cm³/mol. The van der Waals surface area contributed by atoms with Gasteiger partial charge < -0.3 is 10.8 Å². The molecular weight excluding hydrogens is 292 g/mol. The molecule has 4 N–H and O–H groups in total. The van der Waals surface area contributed by atoms with Gasteiger partial charge in [0.15, 0.2) is 5.16 Å². The topological polar surface area (TPSA) is 114 Å². The molecule has 1 aromatic carbocycles. The first-order chi connectivity index (χ1) is 10.0. The highest BCUT2D eigenvalue weighted by Gasteiger charge is 2.15. The molecule has 0 radical (unpaired) electrons. The Morgan fingerprint density at radius 2 is 2.29 bits per heavy atom. The van der Waals surface area contributed by atoms with Crippen LogP contribution in [-0.4, -0.2) is 25.8 Å². The van der Waals surface area contributed by atoms with Crippen LogP contribution in [-0.2, 0) is 12.3 Å². The Labute approximate surface area is 125 Å². The summed E-state index contributed by atoms with van der Waals surface area (Å²) >= 11 is 1.30. The molecule has 0 fully saturated rings. The van der Waals surface area contributed by atoms with Gasteiger partial charge in [0.2, 0.25) is 0 Å². The largest absolute Gasteiger partial charge is 0.478 e. The SMILES string of the molecule is CCCn1c(SCc2cccc(N)c2C(=O)O)n[nH]c1=O. The summed E-state index contributed by atoms with van der Waals surface area (Å²) in [6.07, 6.45) is 0.811. The van der Waals surface area contributed by atoms with Crippen LogP contribution in [0.15, 0.2) is 28.2 Å². The number of rotatable bonds is 6. The third-order valence-electron chi connectivity index (χ3n) is 2.92. The van der Waals surface area contributed by atoms with Crippen LogP contribution in [0.5, 0.6) is 0 Å². The third kappa shape index (κ3) is 3.27. The number of carboxylic acids is 1. The third-order valence-corrected chi connectivity index (χ3v) is 3.95. The van der Waals surface area contributed by atoms with Crippen LogP contribution >= 0.6 is 11.8 Å². The number of nitrogens with one attached hydrogen (secondary N) is 1. The van der Waals surface area contributed by atoms with Crippen LogP contribution in [0.1, 0.15) is 29.3 Å². The molecule has 0 aliphatic rings. The molecule has 2 rings (SSSR count). The lowest BCUT2D eigenvalue weighted by Gasteiger charge is -2.08. The van der Waals surface area contributed by atoms with E-state index in [2.05, 4.69) is 10.2 Å². The molecule has 1 aromatic heterocycles. The van der Waals surface area contributed by atoms with E-state index in [1.807, 2.05) is 6.92 Å². The van der Waals surface area contributed by atoms with E-state index in [1.165, 1.54) is 16.3 Å². The maximum atomic E-state index is 11.6. The second-order valence-electron chi connectivity index (χ2n) is 4.44. The number of carbonyl (C=O) groups is 1.